The van der Waals surface area contributed by atoms with Crippen molar-refractivity contribution in [3.63, 3.8) is 0 Å². The Morgan fingerprint density at radius 3 is 2.80 bits per heavy atom. The van der Waals surface area contributed by atoms with Crippen LogP contribution in [0.3, 0.4) is 0 Å². The second kappa shape index (κ2) is 6.34. The molecule has 0 spiro atoms. The number of hydrogen-bond donors (Lipinski definition) is 3. The van der Waals surface area contributed by atoms with Crippen molar-refractivity contribution in [3.8, 4) is 0 Å². The minimum Gasteiger partial charge on any atom is -0.387 e. The maximum atomic E-state index is 11.6. The lowest BCUT2D eigenvalue weighted by Gasteiger charge is -2.46. The smallest absolute Gasteiger partial charge is 0.279 e. The first kappa shape index (κ1) is 15.0. The molecule has 1 aromatic heterocycles. The molecule has 0 radical (unpaired) electrons. The Morgan fingerprint density at radius 2 is 2.20 bits per heavy atom. The molecular formula is C13H19N3O3S. The molecule has 0 aromatic carbocycles. The van der Waals surface area contributed by atoms with Crippen LogP contribution in [-0.4, -0.2) is 47.1 Å². The molecule has 2 rings (SSSR count). The number of amides is 2. The summed E-state index contributed by atoms with van der Waals surface area (Å²) in [5.74, 6) is -0.604. The summed E-state index contributed by atoms with van der Waals surface area (Å²) in [4.78, 5) is 25.6. The van der Waals surface area contributed by atoms with Crippen molar-refractivity contribution in [2.24, 2.45) is 0 Å². The summed E-state index contributed by atoms with van der Waals surface area (Å²) in [6, 6.07) is 3.46. The van der Waals surface area contributed by atoms with Gasteiger partial charge in [-0.2, -0.15) is 0 Å². The predicted molar refractivity (Wildman–Crippen MR) is 76.2 cm³/mol. The number of nitrogens with one attached hydrogen (secondary N) is 2. The fourth-order valence-electron chi connectivity index (χ4n) is 2.36. The Hall–Kier alpha value is -1.44. The van der Waals surface area contributed by atoms with Crippen molar-refractivity contribution in [1.29, 1.82) is 0 Å². The monoisotopic (exact) mass is 297 g/mol. The highest BCUT2D eigenvalue weighted by Gasteiger charge is 2.40. The van der Waals surface area contributed by atoms with Gasteiger partial charge in [-0.25, -0.2) is 0 Å². The van der Waals surface area contributed by atoms with Crippen LogP contribution in [0.25, 0.3) is 0 Å². The lowest BCUT2D eigenvalue weighted by molar-refractivity contribution is -0.134. The molecule has 3 N–H and O–H groups in total. The van der Waals surface area contributed by atoms with E-state index in [9.17, 15) is 14.7 Å². The zero-order chi connectivity index (χ0) is 14.6. The summed E-state index contributed by atoms with van der Waals surface area (Å²) >= 11 is 1.31. The fourth-order valence-corrected chi connectivity index (χ4v) is 2.98. The number of hydrazine groups is 1. The maximum absolute atomic E-state index is 11.6. The maximum Gasteiger partial charge on any atom is 0.279 e. The highest BCUT2D eigenvalue weighted by molar-refractivity contribution is 7.12. The Kier molecular flexibility index (Phi) is 4.74. The van der Waals surface area contributed by atoms with E-state index in [1.54, 1.807) is 17.5 Å². The molecule has 1 aliphatic heterocycles. The van der Waals surface area contributed by atoms with Crippen LogP contribution >= 0.6 is 11.3 Å². The van der Waals surface area contributed by atoms with Crippen LogP contribution in [0.4, 0.5) is 0 Å². The quantitative estimate of drug-likeness (QED) is 0.685. The summed E-state index contributed by atoms with van der Waals surface area (Å²) < 4.78 is 0. The molecule has 1 aliphatic rings. The summed E-state index contributed by atoms with van der Waals surface area (Å²) in [7, 11) is 0. The van der Waals surface area contributed by atoms with Crippen LogP contribution in [0.2, 0.25) is 0 Å². The second-order valence-electron chi connectivity index (χ2n) is 5.10. The van der Waals surface area contributed by atoms with E-state index in [0.717, 1.165) is 12.8 Å². The zero-order valence-corrected chi connectivity index (χ0v) is 12.2. The number of rotatable bonds is 5. The van der Waals surface area contributed by atoms with Crippen LogP contribution in [0.1, 0.15) is 29.4 Å². The molecule has 7 heteroatoms. The normalized spacial score (nSPS) is 17.3. The van der Waals surface area contributed by atoms with E-state index in [1.165, 1.54) is 11.3 Å². The molecule has 0 atom stereocenters. The van der Waals surface area contributed by atoms with Gasteiger partial charge in [0.15, 0.2) is 0 Å². The third kappa shape index (κ3) is 3.78. The number of carbonyl (C=O) groups excluding carboxylic acids is 2. The van der Waals surface area contributed by atoms with E-state index in [2.05, 4.69) is 10.9 Å². The molecule has 0 bridgehead atoms. The van der Waals surface area contributed by atoms with Crippen molar-refractivity contribution in [3.05, 3.63) is 22.4 Å². The summed E-state index contributed by atoms with van der Waals surface area (Å²) in [6.45, 7) is 3.21. The molecular weight excluding hydrogens is 278 g/mol. The van der Waals surface area contributed by atoms with Gasteiger partial charge >= 0.3 is 0 Å². The molecule has 2 amide bonds. The molecule has 2 heterocycles. The van der Waals surface area contributed by atoms with Crippen molar-refractivity contribution < 1.29 is 14.7 Å². The van der Waals surface area contributed by atoms with E-state index in [0.29, 0.717) is 18.0 Å². The largest absolute Gasteiger partial charge is 0.387 e. The predicted octanol–water partition coefficient (Wildman–Crippen LogP) is 0.356. The number of carbonyl (C=O) groups is 2. The standard InChI is InChI=1S/C13H19N3O3S/c1-2-5-13(19)8-16(9-13)7-11(17)14-15-12(18)10-4-3-6-20-10/h3-4,6,19H,2,5,7-9H2,1H3,(H,14,17)(H,15,18). The van der Waals surface area contributed by atoms with E-state index in [-0.39, 0.29) is 18.4 Å². The number of nitrogens with zero attached hydrogens (tertiary/aromatic N) is 1. The van der Waals surface area contributed by atoms with Crippen molar-refractivity contribution in [1.82, 2.24) is 15.8 Å². The number of likely N-dealkylation sites (tertiary alicyclic amines) is 1. The Labute approximate surface area is 121 Å². The number of β-amino-alcohol motifs (C(OH)–C–C–N with tert-alkyl or cyclic N) is 1. The average Bonchev–Trinajstić information content (AvgIpc) is 2.88. The van der Waals surface area contributed by atoms with Gasteiger partial charge in [-0.05, 0) is 17.9 Å². The molecule has 1 aromatic rings. The topological polar surface area (TPSA) is 81.7 Å². The number of aliphatic hydroxyl groups is 1. The molecule has 0 saturated carbocycles. The molecule has 110 valence electrons. The van der Waals surface area contributed by atoms with Gasteiger partial charge in [0.25, 0.3) is 11.8 Å². The van der Waals surface area contributed by atoms with Gasteiger partial charge < -0.3 is 5.11 Å². The van der Waals surface area contributed by atoms with Gasteiger partial charge in [-0.15, -0.1) is 11.3 Å². The summed E-state index contributed by atoms with van der Waals surface area (Å²) in [5.41, 5.74) is 4.10. The SMILES string of the molecule is CCCC1(O)CN(CC(=O)NNC(=O)c2cccs2)C1. The van der Waals surface area contributed by atoms with E-state index >= 15 is 0 Å². The van der Waals surface area contributed by atoms with E-state index < -0.39 is 5.60 Å². The molecule has 20 heavy (non-hydrogen) atoms. The van der Waals surface area contributed by atoms with Crippen molar-refractivity contribution in [2.75, 3.05) is 19.6 Å². The summed E-state index contributed by atoms with van der Waals surface area (Å²) in [6.07, 6.45) is 1.67. The van der Waals surface area contributed by atoms with Gasteiger partial charge in [-0.3, -0.25) is 25.3 Å². The zero-order valence-electron chi connectivity index (χ0n) is 11.4. The van der Waals surface area contributed by atoms with Gasteiger partial charge in [0, 0.05) is 13.1 Å². The van der Waals surface area contributed by atoms with Crippen molar-refractivity contribution >= 4 is 23.2 Å². The van der Waals surface area contributed by atoms with Gasteiger partial charge in [0.1, 0.15) is 0 Å². The Morgan fingerprint density at radius 1 is 1.45 bits per heavy atom. The summed E-state index contributed by atoms with van der Waals surface area (Å²) in [5, 5.41) is 11.8. The first-order chi connectivity index (χ1) is 9.52. The third-order valence-corrected chi connectivity index (χ3v) is 4.05. The minimum absolute atomic E-state index is 0.177. The Bertz CT molecular complexity index is 469. The molecule has 1 saturated heterocycles. The number of hydrogen-bond acceptors (Lipinski definition) is 5. The highest BCUT2D eigenvalue weighted by atomic mass is 32.1. The average molecular weight is 297 g/mol. The lowest BCUT2D eigenvalue weighted by atomic mass is 9.89. The molecule has 0 aliphatic carbocycles. The van der Waals surface area contributed by atoms with Gasteiger partial charge in [0.2, 0.25) is 0 Å². The molecule has 6 nitrogen and oxygen atoms in total. The lowest BCUT2D eigenvalue weighted by Crippen LogP contribution is -2.63. The van der Waals surface area contributed by atoms with Crippen LogP contribution in [0.15, 0.2) is 17.5 Å². The van der Waals surface area contributed by atoms with Crippen LogP contribution in [0, 0.1) is 0 Å². The third-order valence-electron chi connectivity index (χ3n) is 3.18. The van der Waals surface area contributed by atoms with E-state index in [1.807, 2.05) is 11.8 Å². The van der Waals surface area contributed by atoms with Crippen LogP contribution < -0.4 is 10.9 Å². The van der Waals surface area contributed by atoms with Crippen LogP contribution in [0.5, 0.6) is 0 Å². The fraction of sp³-hybridized carbons (Fsp3) is 0.538. The van der Waals surface area contributed by atoms with Gasteiger partial charge in [0.05, 0.1) is 17.0 Å². The highest BCUT2D eigenvalue weighted by Crippen LogP contribution is 2.24. The minimum atomic E-state index is -0.644. The Balaban J connectivity index is 1.66. The first-order valence-electron chi connectivity index (χ1n) is 6.60. The van der Waals surface area contributed by atoms with E-state index in [4.69, 9.17) is 0 Å². The van der Waals surface area contributed by atoms with Gasteiger partial charge in [-0.1, -0.05) is 19.4 Å². The van der Waals surface area contributed by atoms with Crippen molar-refractivity contribution in [2.45, 2.75) is 25.4 Å². The molecule has 0 unspecified atom stereocenters. The second-order valence-corrected chi connectivity index (χ2v) is 6.05. The number of thiophene rings is 1. The first-order valence-corrected chi connectivity index (χ1v) is 7.48. The van der Waals surface area contributed by atoms with Crippen LogP contribution in [-0.2, 0) is 4.79 Å². The molecule has 1 fully saturated rings.